The van der Waals surface area contributed by atoms with E-state index in [1.165, 1.54) is 0 Å². The van der Waals surface area contributed by atoms with Gasteiger partial charge in [0.1, 0.15) is 0 Å². The molecule has 0 unspecified atom stereocenters. The first-order valence-corrected chi connectivity index (χ1v) is 6.39. The molecule has 0 atom stereocenters. The van der Waals surface area contributed by atoms with Gasteiger partial charge in [0.05, 0.1) is 19.0 Å². The summed E-state index contributed by atoms with van der Waals surface area (Å²) in [5.41, 5.74) is 1.72. The highest BCUT2D eigenvalue weighted by Gasteiger charge is 2.10. The highest BCUT2D eigenvalue weighted by Crippen LogP contribution is 2.08. The van der Waals surface area contributed by atoms with Crippen LogP contribution in [-0.2, 0) is 6.54 Å². The minimum Gasteiger partial charge on any atom is -0.341 e. The Hall–Kier alpha value is -2.61. The van der Waals surface area contributed by atoms with Crippen LogP contribution in [0.4, 0.5) is 0 Å². The highest BCUT2D eigenvalue weighted by atomic mass is 16.2. The summed E-state index contributed by atoms with van der Waals surface area (Å²) in [7, 11) is 1.71. The van der Waals surface area contributed by atoms with Crippen LogP contribution in [-0.4, -0.2) is 34.2 Å². The lowest BCUT2D eigenvalue weighted by molar-refractivity contribution is 0.0798. The highest BCUT2D eigenvalue weighted by molar-refractivity contribution is 5.94. The van der Waals surface area contributed by atoms with Gasteiger partial charge in [-0.1, -0.05) is 12.1 Å². The van der Waals surface area contributed by atoms with Crippen molar-refractivity contribution < 1.29 is 4.79 Å². The summed E-state index contributed by atoms with van der Waals surface area (Å²) in [6, 6.07) is 11.4. The molecule has 1 heterocycles. The molecule has 1 aromatic heterocycles. The third kappa shape index (κ3) is 3.45. The van der Waals surface area contributed by atoms with Gasteiger partial charge in [-0.15, -0.1) is 0 Å². The van der Waals surface area contributed by atoms with Crippen molar-refractivity contribution in [3.63, 3.8) is 0 Å². The van der Waals surface area contributed by atoms with Crippen LogP contribution in [0.25, 0.3) is 0 Å². The van der Waals surface area contributed by atoms with Gasteiger partial charge in [-0.3, -0.25) is 9.48 Å². The quantitative estimate of drug-likeness (QED) is 0.832. The Balaban J connectivity index is 2.00. The zero-order valence-corrected chi connectivity index (χ0v) is 11.4. The van der Waals surface area contributed by atoms with Gasteiger partial charge in [-0.2, -0.15) is 10.4 Å². The number of nitrogens with zero attached hydrogens (tertiary/aromatic N) is 4. The molecule has 1 aromatic carbocycles. The first-order chi connectivity index (χ1) is 9.70. The Morgan fingerprint density at radius 1 is 1.40 bits per heavy atom. The summed E-state index contributed by atoms with van der Waals surface area (Å²) >= 11 is 0. The molecule has 0 fully saturated rings. The molecule has 5 nitrogen and oxygen atoms in total. The zero-order chi connectivity index (χ0) is 14.4. The zero-order valence-electron chi connectivity index (χ0n) is 11.4. The van der Waals surface area contributed by atoms with E-state index < -0.39 is 0 Å². The Kier molecular flexibility index (Phi) is 4.51. The summed E-state index contributed by atoms with van der Waals surface area (Å²) in [4.78, 5) is 13.6. The number of nitriles is 1. The molecule has 2 rings (SSSR count). The Morgan fingerprint density at radius 2 is 2.15 bits per heavy atom. The molecule has 0 spiro atoms. The van der Waals surface area contributed by atoms with Gasteiger partial charge in [-0.05, 0) is 23.8 Å². The predicted molar refractivity (Wildman–Crippen MR) is 75.0 cm³/mol. The van der Waals surface area contributed by atoms with Crippen molar-refractivity contribution in [2.75, 3.05) is 13.6 Å². The van der Waals surface area contributed by atoms with Gasteiger partial charge in [0.15, 0.2) is 0 Å². The van der Waals surface area contributed by atoms with Gasteiger partial charge in [-0.25, -0.2) is 0 Å². The minimum atomic E-state index is -0.0640. The fraction of sp³-hybridized carbons (Fsp3) is 0.267. The van der Waals surface area contributed by atoms with E-state index in [0.29, 0.717) is 25.1 Å². The second-order valence-electron chi connectivity index (χ2n) is 4.54. The van der Waals surface area contributed by atoms with E-state index in [9.17, 15) is 4.79 Å². The molecule has 5 heteroatoms. The van der Waals surface area contributed by atoms with Crippen LogP contribution in [0.3, 0.4) is 0 Å². The van der Waals surface area contributed by atoms with Crippen molar-refractivity contribution in [1.82, 2.24) is 14.7 Å². The molecule has 0 aliphatic carbocycles. The van der Waals surface area contributed by atoms with Crippen LogP contribution < -0.4 is 0 Å². The molecule has 0 bridgehead atoms. The molecule has 0 saturated heterocycles. The molecule has 0 aliphatic heterocycles. The van der Waals surface area contributed by atoms with Gasteiger partial charge in [0.2, 0.25) is 0 Å². The predicted octanol–water partition coefficient (Wildman–Crippen LogP) is 1.92. The summed E-state index contributed by atoms with van der Waals surface area (Å²) in [6.45, 7) is 1.14. The van der Waals surface area contributed by atoms with Gasteiger partial charge in [0.25, 0.3) is 5.91 Å². The van der Waals surface area contributed by atoms with Crippen LogP contribution in [0.2, 0.25) is 0 Å². The Bertz CT molecular complexity index is 596. The molecular weight excluding hydrogens is 252 g/mol. The third-order valence-electron chi connectivity index (χ3n) is 3.01. The summed E-state index contributed by atoms with van der Waals surface area (Å²) in [5, 5.41) is 12.7. The van der Waals surface area contributed by atoms with Crippen LogP contribution in [0.15, 0.2) is 42.7 Å². The Morgan fingerprint density at radius 3 is 2.75 bits per heavy atom. The smallest absolute Gasteiger partial charge is 0.253 e. The van der Waals surface area contributed by atoms with E-state index in [1.54, 1.807) is 18.1 Å². The molecular formula is C15H16N4O. The number of amides is 1. The minimum absolute atomic E-state index is 0.0640. The van der Waals surface area contributed by atoms with Crippen molar-refractivity contribution >= 4 is 5.91 Å². The second kappa shape index (κ2) is 6.53. The largest absolute Gasteiger partial charge is 0.341 e. The fourth-order valence-electron chi connectivity index (χ4n) is 1.87. The number of rotatable bonds is 5. The van der Waals surface area contributed by atoms with Crippen LogP contribution in [0.5, 0.6) is 0 Å². The number of carbonyl (C=O) groups excluding carboxylic acids is 1. The normalized spacial score (nSPS) is 10.0. The monoisotopic (exact) mass is 268 g/mol. The summed E-state index contributed by atoms with van der Waals surface area (Å²) < 4.78 is 1.83. The van der Waals surface area contributed by atoms with E-state index in [2.05, 4.69) is 5.10 Å². The number of carbonyl (C=O) groups is 1. The van der Waals surface area contributed by atoms with Gasteiger partial charge >= 0.3 is 0 Å². The average molecular weight is 268 g/mol. The van der Waals surface area contributed by atoms with E-state index in [0.717, 1.165) is 5.56 Å². The van der Waals surface area contributed by atoms with E-state index >= 15 is 0 Å². The van der Waals surface area contributed by atoms with Gasteiger partial charge in [0, 0.05) is 31.5 Å². The third-order valence-corrected chi connectivity index (χ3v) is 3.01. The first kappa shape index (κ1) is 13.8. The topological polar surface area (TPSA) is 61.9 Å². The van der Waals surface area contributed by atoms with Crippen LogP contribution in [0, 0.1) is 11.3 Å². The number of aromatic nitrogens is 2. The standard InChI is InChI=1S/C15H16N4O/c1-18(10-2-8-16)15(20)14-6-4-13(5-7-14)12-19-11-3-9-17-19/h3-7,9,11H,2,10,12H2,1H3. The summed E-state index contributed by atoms with van der Waals surface area (Å²) in [6.07, 6.45) is 3.98. The maximum atomic E-state index is 12.1. The molecule has 0 saturated carbocycles. The lowest BCUT2D eigenvalue weighted by atomic mass is 10.1. The Labute approximate surface area is 118 Å². The fourth-order valence-corrected chi connectivity index (χ4v) is 1.87. The van der Waals surface area contributed by atoms with E-state index in [4.69, 9.17) is 5.26 Å². The maximum absolute atomic E-state index is 12.1. The van der Waals surface area contributed by atoms with Gasteiger partial charge < -0.3 is 4.90 Å². The first-order valence-electron chi connectivity index (χ1n) is 6.39. The lowest BCUT2D eigenvalue weighted by Gasteiger charge is -2.15. The molecule has 0 N–H and O–H groups in total. The van der Waals surface area contributed by atoms with Crippen molar-refractivity contribution in [2.24, 2.45) is 0 Å². The second-order valence-corrected chi connectivity index (χ2v) is 4.54. The number of hydrogen-bond acceptors (Lipinski definition) is 3. The number of benzene rings is 1. The molecule has 2 aromatic rings. The molecule has 20 heavy (non-hydrogen) atoms. The summed E-state index contributed by atoms with van der Waals surface area (Å²) in [5.74, 6) is -0.0640. The molecule has 0 radical (unpaired) electrons. The van der Waals surface area contributed by atoms with E-state index in [-0.39, 0.29) is 5.91 Å². The van der Waals surface area contributed by atoms with Crippen molar-refractivity contribution in [3.05, 3.63) is 53.9 Å². The maximum Gasteiger partial charge on any atom is 0.253 e. The average Bonchev–Trinajstić information content (AvgIpc) is 2.97. The molecule has 102 valence electrons. The molecule has 0 aliphatic rings. The molecule has 1 amide bonds. The van der Waals surface area contributed by atoms with Crippen molar-refractivity contribution in [1.29, 1.82) is 5.26 Å². The van der Waals surface area contributed by atoms with Crippen LogP contribution in [0.1, 0.15) is 22.3 Å². The van der Waals surface area contributed by atoms with Crippen molar-refractivity contribution in [3.8, 4) is 6.07 Å². The number of hydrogen-bond donors (Lipinski definition) is 0. The SMILES string of the molecule is CN(CCC#N)C(=O)c1ccc(Cn2cccn2)cc1. The van der Waals surface area contributed by atoms with Crippen molar-refractivity contribution in [2.45, 2.75) is 13.0 Å². The van der Waals surface area contributed by atoms with E-state index in [1.807, 2.05) is 47.3 Å². The lowest BCUT2D eigenvalue weighted by Crippen LogP contribution is -2.27. The van der Waals surface area contributed by atoms with Crippen LogP contribution >= 0.6 is 0 Å².